The SMILES string of the molecule is CC1CN(C(C)(C)CNC(=O)c2ccc(N)cc2)CC(C)O1. The highest BCUT2D eigenvalue weighted by molar-refractivity contribution is 5.94. The maximum absolute atomic E-state index is 12.2. The van der Waals surface area contributed by atoms with Crippen molar-refractivity contribution in [2.75, 3.05) is 25.4 Å². The van der Waals surface area contributed by atoms with Gasteiger partial charge in [0.1, 0.15) is 0 Å². The number of ether oxygens (including phenoxy) is 1. The van der Waals surface area contributed by atoms with Crippen LogP contribution in [0.4, 0.5) is 5.69 Å². The number of nitrogens with one attached hydrogen (secondary N) is 1. The standard InChI is InChI=1S/C17H27N3O2/c1-12-9-20(10-13(2)22-12)17(3,4)11-19-16(21)14-5-7-15(18)8-6-14/h5-8,12-13H,9-11,18H2,1-4H3,(H,19,21). The second-order valence-electron chi connectivity index (χ2n) is 6.78. The average Bonchev–Trinajstić information content (AvgIpc) is 2.44. The highest BCUT2D eigenvalue weighted by Gasteiger charge is 2.33. The summed E-state index contributed by atoms with van der Waals surface area (Å²) < 4.78 is 5.78. The number of rotatable bonds is 4. The molecule has 1 heterocycles. The van der Waals surface area contributed by atoms with E-state index >= 15 is 0 Å². The molecule has 3 N–H and O–H groups in total. The van der Waals surface area contributed by atoms with Crippen LogP contribution >= 0.6 is 0 Å². The summed E-state index contributed by atoms with van der Waals surface area (Å²) in [4.78, 5) is 14.6. The third-order valence-corrected chi connectivity index (χ3v) is 4.13. The number of nitrogen functional groups attached to an aromatic ring is 1. The molecule has 5 heteroatoms. The summed E-state index contributed by atoms with van der Waals surface area (Å²) in [5.41, 5.74) is 6.82. The predicted molar refractivity (Wildman–Crippen MR) is 88.8 cm³/mol. The van der Waals surface area contributed by atoms with E-state index in [9.17, 15) is 4.79 Å². The number of nitrogens with two attached hydrogens (primary N) is 1. The van der Waals surface area contributed by atoms with Crippen molar-refractivity contribution in [1.29, 1.82) is 0 Å². The zero-order chi connectivity index (χ0) is 16.3. The zero-order valence-electron chi connectivity index (χ0n) is 13.9. The minimum Gasteiger partial charge on any atom is -0.399 e. The van der Waals surface area contributed by atoms with Gasteiger partial charge in [-0.15, -0.1) is 0 Å². The number of anilines is 1. The first kappa shape index (κ1) is 16.8. The van der Waals surface area contributed by atoms with E-state index in [1.165, 1.54) is 0 Å². The fraction of sp³-hybridized carbons (Fsp3) is 0.588. The van der Waals surface area contributed by atoms with Gasteiger partial charge in [-0.05, 0) is 52.0 Å². The lowest BCUT2D eigenvalue weighted by Gasteiger charge is -2.45. The Morgan fingerprint density at radius 2 is 1.82 bits per heavy atom. The van der Waals surface area contributed by atoms with Gasteiger partial charge >= 0.3 is 0 Å². The van der Waals surface area contributed by atoms with Crippen LogP contribution in [-0.4, -0.2) is 48.2 Å². The molecule has 0 aromatic heterocycles. The van der Waals surface area contributed by atoms with Gasteiger partial charge in [-0.3, -0.25) is 9.69 Å². The minimum atomic E-state index is -0.115. The number of hydrogen-bond donors (Lipinski definition) is 2. The van der Waals surface area contributed by atoms with Gasteiger partial charge < -0.3 is 15.8 Å². The Morgan fingerprint density at radius 1 is 1.27 bits per heavy atom. The molecule has 2 atom stereocenters. The molecule has 122 valence electrons. The second-order valence-corrected chi connectivity index (χ2v) is 6.78. The number of morpholine rings is 1. The number of carbonyl (C=O) groups is 1. The van der Waals surface area contributed by atoms with Crippen LogP contribution in [0.1, 0.15) is 38.1 Å². The van der Waals surface area contributed by atoms with Crippen molar-refractivity contribution in [3.05, 3.63) is 29.8 Å². The zero-order valence-corrected chi connectivity index (χ0v) is 13.9. The number of hydrogen-bond acceptors (Lipinski definition) is 4. The van der Waals surface area contributed by atoms with E-state index in [4.69, 9.17) is 10.5 Å². The molecule has 22 heavy (non-hydrogen) atoms. The highest BCUT2D eigenvalue weighted by Crippen LogP contribution is 2.20. The fourth-order valence-corrected chi connectivity index (χ4v) is 2.82. The van der Waals surface area contributed by atoms with E-state index in [1.807, 2.05) is 0 Å². The van der Waals surface area contributed by atoms with Crippen LogP contribution < -0.4 is 11.1 Å². The number of nitrogens with zero attached hydrogens (tertiary/aromatic N) is 1. The second kappa shape index (κ2) is 6.67. The van der Waals surface area contributed by atoms with Crippen molar-refractivity contribution >= 4 is 11.6 Å². The lowest BCUT2D eigenvalue weighted by atomic mass is 10.00. The molecule has 1 fully saturated rings. The topological polar surface area (TPSA) is 67.6 Å². The molecule has 2 unspecified atom stereocenters. The molecular formula is C17H27N3O2. The quantitative estimate of drug-likeness (QED) is 0.834. The van der Waals surface area contributed by atoms with Crippen molar-refractivity contribution in [2.45, 2.75) is 45.4 Å². The van der Waals surface area contributed by atoms with E-state index in [0.717, 1.165) is 13.1 Å². The Morgan fingerprint density at radius 3 is 2.36 bits per heavy atom. The van der Waals surface area contributed by atoms with Crippen molar-refractivity contribution in [3.63, 3.8) is 0 Å². The molecule has 1 aliphatic rings. The van der Waals surface area contributed by atoms with Crippen LogP contribution in [0.25, 0.3) is 0 Å². The monoisotopic (exact) mass is 305 g/mol. The van der Waals surface area contributed by atoms with Crippen LogP contribution in [0, 0.1) is 0 Å². The van der Waals surface area contributed by atoms with Crippen molar-refractivity contribution in [1.82, 2.24) is 10.2 Å². The van der Waals surface area contributed by atoms with Crippen molar-refractivity contribution < 1.29 is 9.53 Å². The summed E-state index contributed by atoms with van der Waals surface area (Å²) >= 11 is 0. The molecule has 0 spiro atoms. The summed E-state index contributed by atoms with van der Waals surface area (Å²) in [5, 5.41) is 3.02. The molecule has 0 aliphatic carbocycles. The smallest absolute Gasteiger partial charge is 0.251 e. The Hall–Kier alpha value is -1.59. The first-order valence-electron chi connectivity index (χ1n) is 7.82. The van der Waals surface area contributed by atoms with Gasteiger partial charge in [0.25, 0.3) is 5.91 Å². The molecule has 0 bridgehead atoms. The van der Waals surface area contributed by atoms with Crippen molar-refractivity contribution in [2.24, 2.45) is 0 Å². The summed E-state index contributed by atoms with van der Waals surface area (Å²) in [5.74, 6) is -0.0672. The molecule has 1 saturated heterocycles. The number of benzene rings is 1. The summed E-state index contributed by atoms with van der Waals surface area (Å²) in [6.07, 6.45) is 0.437. The van der Waals surface area contributed by atoms with Crippen LogP contribution in [0.15, 0.2) is 24.3 Å². The maximum Gasteiger partial charge on any atom is 0.251 e. The van der Waals surface area contributed by atoms with E-state index in [-0.39, 0.29) is 23.7 Å². The van der Waals surface area contributed by atoms with Crippen molar-refractivity contribution in [3.8, 4) is 0 Å². The molecule has 1 aliphatic heterocycles. The third-order valence-electron chi connectivity index (χ3n) is 4.13. The molecule has 0 radical (unpaired) electrons. The molecule has 0 saturated carbocycles. The highest BCUT2D eigenvalue weighted by atomic mass is 16.5. The first-order chi connectivity index (χ1) is 10.3. The molecule has 1 amide bonds. The van der Waals surface area contributed by atoms with Gasteiger partial charge in [0, 0.05) is 36.4 Å². The Labute approximate surface area is 132 Å². The van der Waals surface area contributed by atoms with Gasteiger partial charge in [-0.1, -0.05) is 0 Å². The van der Waals surface area contributed by atoms with E-state index in [2.05, 4.69) is 37.9 Å². The fourth-order valence-electron chi connectivity index (χ4n) is 2.82. The molecular weight excluding hydrogens is 278 g/mol. The first-order valence-corrected chi connectivity index (χ1v) is 7.82. The Kier molecular flexibility index (Phi) is 5.08. The lowest BCUT2D eigenvalue weighted by Crippen LogP contribution is -2.58. The van der Waals surface area contributed by atoms with Crippen LogP contribution in [0.3, 0.4) is 0 Å². The molecule has 2 rings (SSSR count). The van der Waals surface area contributed by atoms with Gasteiger partial charge in [-0.25, -0.2) is 0 Å². The van der Waals surface area contributed by atoms with E-state index in [1.54, 1.807) is 24.3 Å². The van der Waals surface area contributed by atoms with Gasteiger partial charge in [0.15, 0.2) is 0 Å². The minimum absolute atomic E-state index is 0.0672. The Balaban J connectivity index is 1.94. The Bertz CT molecular complexity index is 503. The van der Waals surface area contributed by atoms with Crippen LogP contribution in [0.2, 0.25) is 0 Å². The van der Waals surface area contributed by atoms with Crippen LogP contribution in [0.5, 0.6) is 0 Å². The molecule has 1 aromatic rings. The largest absolute Gasteiger partial charge is 0.399 e. The predicted octanol–water partition coefficient (Wildman–Crippen LogP) is 1.89. The number of carbonyl (C=O) groups excluding carboxylic acids is 1. The normalized spacial score (nSPS) is 23.3. The third kappa shape index (κ3) is 4.21. The molecule has 5 nitrogen and oxygen atoms in total. The van der Waals surface area contributed by atoms with Gasteiger partial charge in [-0.2, -0.15) is 0 Å². The number of amides is 1. The van der Waals surface area contributed by atoms with Gasteiger partial charge in [0.2, 0.25) is 0 Å². The summed E-state index contributed by atoms with van der Waals surface area (Å²) in [6, 6.07) is 6.98. The van der Waals surface area contributed by atoms with Crippen LogP contribution in [-0.2, 0) is 4.74 Å². The maximum atomic E-state index is 12.2. The summed E-state index contributed by atoms with van der Waals surface area (Å²) in [7, 11) is 0. The summed E-state index contributed by atoms with van der Waals surface area (Å²) in [6.45, 7) is 10.8. The van der Waals surface area contributed by atoms with E-state index < -0.39 is 0 Å². The molecule has 1 aromatic carbocycles. The van der Waals surface area contributed by atoms with Gasteiger partial charge in [0.05, 0.1) is 12.2 Å². The average molecular weight is 305 g/mol. The van der Waals surface area contributed by atoms with E-state index in [0.29, 0.717) is 17.8 Å². The lowest BCUT2D eigenvalue weighted by molar-refractivity contribution is -0.0948.